The van der Waals surface area contributed by atoms with Gasteiger partial charge in [0, 0.05) is 37.8 Å². The number of carbonyl (C=O) groups excluding carboxylic acids is 1. The minimum atomic E-state index is -0.440. The standard InChI is InChI=1S/C13H17N3O3/c1-10-9-14-6-7-15(10)13(17)8-11-2-4-12(5-3-11)16(18)19/h2-5,10,14H,6-9H2,1H3/t10-/m0/s1. The van der Waals surface area contributed by atoms with Crippen LogP contribution in [0.4, 0.5) is 5.69 Å². The highest BCUT2D eigenvalue weighted by molar-refractivity contribution is 5.79. The first-order chi connectivity index (χ1) is 9.08. The molecule has 1 N–H and O–H groups in total. The summed E-state index contributed by atoms with van der Waals surface area (Å²) >= 11 is 0. The van der Waals surface area contributed by atoms with Crippen molar-refractivity contribution >= 4 is 11.6 Å². The van der Waals surface area contributed by atoms with E-state index in [1.165, 1.54) is 12.1 Å². The van der Waals surface area contributed by atoms with Gasteiger partial charge in [0.05, 0.1) is 11.3 Å². The van der Waals surface area contributed by atoms with Crippen molar-refractivity contribution in [2.45, 2.75) is 19.4 Å². The SMILES string of the molecule is C[C@H]1CNCCN1C(=O)Cc1ccc([N+](=O)[O-])cc1. The zero-order chi connectivity index (χ0) is 13.8. The Morgan fingerprint density at radius 3 is 2.74 bits per heavy atom. The lowest BCUT2D eigenvalue weighted by Gasteiger charge is -2.34. The number of rotatable bonds is 3. The second-order valence-electron chi connectivity index (χ2n) is 4.74. The zero-order valence-corrected chi connectivity index (χ0v) is 10.8. The number of non-ortho nitro benzene ring substituents is 1. The van der Waals surface area contributed by atoms with Crippen LogP contribution in [-0.4, -0.2) is 41.4 Å². The zero-order valence-electron chi connectivity index (χ0n) is 10.8. The fourth-order valence-electron chi connectivity index (χ4n) is 2.22. The minimum absolute atomic E-state index is 0.0479. The molecule has 1 fully saturated rings. The number of hydrogen-bond acceptors (Lipinski definition) is 4. The number of carbonyl (C=O) groups is 1. The van der Waals surface area contributed by atoms with E-state index in [9.17, 15) is 14.9 Å². The monoisotopic (exact) mass is 263 g/mol. The molecule has 2 rings (SSSR count). The Labute approximate surface area is 111 Å². The quantitative estimate of drug-likeness (QED) is 0.651. The summed E-state index contributed by atoms with van der Waals surface area (Å²) in [5.74, 6) is 0.0721. The smallest absolute Gasteiger partial charge is 0.269 e. The lowest BCUT2D eigenvalue weighted by molar-refractivity contribution is -0.384. The van der Waals surface area contributed by atoms with Crippen molar-refractivity contribution in [2.24, 2.45) is 0 Å². The van der Waals surface area contributed by atoms with E-state index in [1.54, 1.807) is 12.1 Å². The maximum atomic E-state index is 12.2. The number of piperazine rings is 1. The molecule has 0 radical (unpaired) electrons. The van der Waals surface area contributed by atoms with E-state index >= 15 is 0 Å². The second-order valence-corrected chi connectivity index (χ2v) is 4.74. The Hall–Kier alpha value is -1.95. The minimum Gasteiger partial charge on any atom is -0.337 e. The van der Waals surface area contributed by atoms with Gasteiger partial charge >= 0.3 is 0 Å². The van der Waals surface area contributed by atoms with Crippen LogP contribution < -0.4 is 5.32 Å². The molecule has 1 aromatic carbocycles. The third-order valence-electron chi connectivity index (χ3n) is 3.32. The van der Waals surface area contributed by atoms with Gasteiger partial charge in [-0.05, 0) is 12.5 Å². The number of nitrogens with zero attached hydrogens (tertiary/aromatic N) is 2. The van der Waals surface area contributed by atoms with E-state index < -0.39 is 4.92 Å². The predicted molar refractivity (Wildman–Crippen MR) is 70.8 cm³/mol. The summed E-state index contributed by atoms with van der Waals surface area (Å²) in [6, 6.07) is 6.35. The molecule has 0 aliphatic carbocycles. The van der Waals surface area contributed by atoms with Crippen LogP contribution in [-0.2, 0) is 11.2 Å². The fraction of sp³-hybridized carbons (Fsp3) is 0.462. The molecule has 0 saturated carbocycles. The van der Waals surface area contributed by atoms with Gasteiger partial charge < -0.3 is 10.2 Å². The molecule has 6 nitrogen and oxygen atoms in total. The summed E-state index contributed by atoms with van der Waals surface area (Å²) in [6.45, 7) is 4.36. The van der Waals surface area contributed by atoms with E-state index in [0.717, 1.165) is 18.7 Å². The Balaban J connectivity index is 2.00. The van der Waals surface area contributed by atoms with Gasteiger partial charge in [0.25, 0.3) is 5.69 Å². The van der Waals surface area contributed by atoms with Crippen molar-refractivity contribution in [3.63, 3.8) is 0 Å². The van der Waals surface area contributed by atoms with E-state index in [0.29, 0.717) is 13.0 Å². The van der Waals surface area contributed by atoms with Crippen LogP contribution in [0.2, 0.25) is 0 Å². The molecular formula is C13H17N3O3. The van der Waals surface area contributed by atoms with Crippen molar-refractivity contribution in [3.05, 3.63) is 39.9 Å². The average molecular weight is 263 g/mol. The molecule has 1 saturated heterocycles. The summed E-state index contributed by atoms with van der Waals surface area (Å²) in [7, 11) is 0. The number of nitrogens with one attached hydrogen (secondary N) is 1. The molecule has 1 atom stereocenters. The van der Waals surface area contributed by atoms with Gasteiger partial charge in [-0.1, -0.05) is 12.1 Å². The first kappa shape index (κ1) is 13.5. The predicted octanol–water partition coefficient (Wildman–Crippen LogP) is 0.958. The summed E-state index contributed by atoms with van der Waals surface area (Å²) in [6.07, 6.45) is 0.294. The van der Waals surface area contributed by atoms with Gasteiger partial charge in [-0.25, -0.2) is 0 Å². The largest absolute Gasteiger partial charge is 0.337 e. The number of amides is 1. The molecule has 6 heteroatoms. The van der Waals surface area contributed by atoms with E-state index in [4.69, 9.17) is 0 Å². The van der Waals surface area contributed by atoms with E-state index in [1.807, 2.05) is 11.8 Å². The molecule has 102 valence electrons. The Morgan fingerprint density at radius 1 is 1.47 bits per heavy atom. The normalized spacial score (nSPS) is 19.2. The molecule has 0 bridgehead atoms. The molecule has 1 heterocycles. The van der Waals surface area contributed by atoms with Crippen LogP contribution in [0.5, 0.6) is 0 Å². The van der Waals surface area contributed by atoms with Crippen molar-refractivity contribution < 1.29 is 9.72 Å². The molecule has 1 aliphatic rings. The summed E-state index contributed by atoms with van der Waals surface area (Å²) in [4.78, 5) is 24.1. The summed E-state index contributed by atoms with van der Waals surface area (Å²) in [5.41, 5.74) is 0.855. The number of hydrogen-bond donors (Lipinski definition) is 1. The topological polar surface area (TPSA) is 75.5 Å². The first-order valence-electron chi connectivity index (χ1n) is 6.31. The van der Waals surface area contributed by atoms with Gasteiger partial charge in [-0.15, -0.1) is 0 Å². The van der Waals surface area contributed by atoms with Crippen LogP contribution in [0.3, 0.4) is 0 Å². The fourth-order valence-corrected chi connectivity index (χ4v) is 2.22. The van der Waals surface area contributed by atoms with Crippen molar-refractivity contribution in [3.8, 4) is 0 Å². The van der Waals surface area contributed by atoms with Crippen LogP contribution in [0.15, 0.2) is 24.3 Å². The number of nitro benzene ring substituents is 1. The Kier molecular flexibility index (Phi) is 4.11. The van der Waals surface area contributed by atoms with Crippen molar-refractivity contribution in [2.75, 3.05) is 19.6 Å². The maximum absolute atomic E-state index is 12.2. The molecule has 1 aliphatic heterocycles. The van der Waals surface area contributed by atoms with Gasteiger partial charge in [0.15, 0.2) is 0 Å². The molecular weight excluding hydrogens is 246 g/mol. The van der Waals surface area contributed by atoms with Gasteiger partial charge in [-0.3, -0.25) is 14.9 Å². The van der Waals surface area contributed by atoms with E-state index in [2.05, 4.69) is 5.32 Å². The number of nitro groups is 1. The van der Waals surface area contributed by atoms with Gasteiger partial charge in [0.1, 0.15) is 0 Å². The van der Waals surface area contributed by atoms with Crippen molar-refractivity contribution in [1.29, 1.82) is 0 Å². The van der Waals surface area contributed by atoms with Crippen LogP contribution >= 0.6 is 0 Å². The number of benzene rings is 1. The highest BCUT2D eigenvalue weighted by Crippen LogP contribution is 2.14. The van der Waals surface area contributed by atoms with Crippen LogP contribution in [0.25, 0.3) is 0 Å². The molecule has 0 spiro atoms. The average Bonchev–Trinajstić information content (AvgIpc) is 2.39. The maximum Gasteiger partial charge on any atom is 0.269 e. The first-order valence-corrected chi connectivity index (χ1v) is 6.31. The van der Waals surface area contributed by atoms with Gasteiger partial charge in [0.2, 0.25) is 5.91 Å². The second kappa shape index (κ2) is 5.79. The van der Waals surface area contributed by atoms with Crippen LogP contribution in [0, 0.1) is 10.1 Å². The highest BCUT2D eigenvalue weighted by Gasteiger charge is 2.22. The third kappa shape index (κ3) is 3.29. The highest BCUT2D eigenvalue weighted by atomic mass is 16.6. The Morgan fingerprint density at radius 2 is 2.16 bits per heavy atom. The molecule has 1 aromatic rings. The Bertz CT molecular complexity index is 473. The van der Waals surface area contributed by atoms with E-state index in [-0.39, 0.29) is 17.6 Å². The summed E-state index contributed by atoms with van der Waals surface area (Å²) in [5, 5.41) is 13.8. The summed E-state index contributed by atoms with van der Waals surface area (Å²) < 4.78 is 0. The lowest BCUT2D eigenvalue weighted by atomic mass is 10.1. The molecule has 19 heavy (non-hydrogen) atoms. The lowest BCUT2D eigenvalue weighted by Crippen LogP contribution is -2.52. The third-order valence-corrected chi connectivity index (χ3v) is 3.32. The van der Waals surface area contributed by atoms with Crippen LogP contribution in [0.1, 0.15) is 12.5 Å². The molecule has 0 unspecified atom stereocenters. The van der Waals surface area contributed by atoms with Crippen molar-refractivity contribution in [1.82, 2.24) is 10.2 Å². The van der Waals surface area contributed by atoms with Gasteiger partial charge in [-0.2, -0.15) is 0 Å². The molecule has 1 amide bonds. The molecule has 0 aromatic heterocycles.